The lowest BCUT2D eigenvalue weighted by Gasteiger charge is -2.49. The van der Waals surface area contributed by atoms with Gasteiger partial charge in [0.05, 0.1) is 44.4 Å². The summed E-state index contributed by atoms with van der Waals surface area (Å²) >= 11 is 0. The molecule has 3 aromatic rings. The minimum Gasteiger partial charge on any atom is -0.507 e. The molecule has 2 saturated heterocycles. The van der Waals surface area contributed by atoms with Gasteiger partial charge in [0.25, 0.3) is 0 Å². The van der Waals surface area contributed by atoms with E-state index >= 15 is 0 Å². The van der Waals surface area contributed by atoms with Gasteiger partial charge in [0.2, 0.25) is 23.6 Å². The van der Waals surface area contributed by atoms with Crippen molar-refractivity contribution >= 4 is 52.1 Å². The average Bonchev–Trinajstić information content (AvgIpc) is 3.45. The number of nitro benzene ring substituents is 2. The highest BCUT2D eigenvalue weighted by Crippen LogP contribution is 2.64. The third-order valence-electron chi connectivity index (χ3n) is 11.0. The van der Waals surface area contributed by atoms with Crippen LogP contribution in [-0.4, -0.2) is 52.7 Å². The van der Waals surface area contributed by atoms with Gasteiger partial charge < -0.3 is 10.0 Å². The quantitative estimate of drug-likeness (QED) is 0.161. The number of hydrogen-bond donors (Lipinski definition) is 1. The second-order valence-corrected chi connectivity index (χ2v) is 13.8. The van der Waals surface area contributed by atoms with E-state index in [1.807, 2.05) is 6.08 Å². The van der Waals surface area contributed by atoms with Crippen LogP contribution in [-0.2, 0) is 19.2 Å². The summed E-state index contributed by atoms with van der Waals surface area (Å²) in [4.78, 5) is 83.1. The van der Waals surface area contributed by atoms with Crippen LogP contribution < -0.4 is 14.7 Å². The molecule has 7 rings (SSSR count). The molecule has 0 bridgehead atoms. The van der Waals surface area contributed by atoms with Gasteiger partial charge in [-0.2, -0.15) is 0 Å². The lowest BCUT2D eigenvalue weighted by Crippen LogP contribution is -2.49. The smallest absolute Gasteiger partial charge is 0.301 e. The molecule has 14 heteroatoms. The number of phenolic OH excluding ortho intramolecular Hbond substituents is 1. The third-order valence-corrected chi connectivity index (χ3v) is 11.0. The number of para-hydroxylation sites is 2. The highest BCUT2D eigenvalue weighted by molar-refractivity contribution is 6.25. The SMILES string of the molecule is Cc1cccc(C2C3=CCC4C(=O)N(c5cc([N+](=O)[O-])c(N(C)C)c([N+](=O)[O-])c5)C(=O)C4C3CC3C(=O)N(c4ccccc4)C(=O)C32C)c1O. The van der Waals surface area contributed by atoms with Crippen LogP contribution in [0, 0.1) is 56.2 Å². The number of benzene rings is 3. The molecule has 14 nitrogen and oxygen atoms in total. The van der Waals surface area contributed by atoms with Crippen molar-refractivity contribution in [3.8, 4) is 5.75 Å². The first kappa shape index (κ1) is 32.6. The number of hydrogen-bond acceptors (Lipinski definition) is 10. The van der Waals surface area contributed by atoms with Crippen molar-refractivity contribution in [1.82, 2.24) is 0 Å². The normalized spacial score (nSPS) is 27.1. The zero-order valence-corrected chi connectivity index (χ0v) is 27.6. The number of allylic oxidation sites excluding steroid dienone is 2. The molecule has 4 amide bonds. The van der Waals surface area contributed by atoms with Crippen LogP contribution in [0.1, 0.15) is 36.8 Å². The predicted octanol–water partition coefficient (Wildman–Crippen LogP) is 5.02. The van der Waals surface area contributed by atoms with E-state index in [2.05, 4.69) is 0 Å². The zero-order valence-electron chi connectivity index (χ0n) is 27.6. The molecule has 4 aliphatic rings. The van der Waals surface area contributed by atoms with E-state index in [0.29, 0.717) is 22.4 Å². The molecular formula is C36H33N5O9. The Balaban J connectivity index is 1.37. The number of nitro groups is 2. The number of carbonyl (C=O) groups is 4. The fraction of sp³-hybridized carbons (Fsp3) is 0.333. The number of anilines is 3. The van der Waals surface area contributed by atoms with Gasteiger partial charge in [-0.15, -0.1) is 0 Å². The molecule has 3 fully saturated rings. The molecule has 0 aromatic heterocycles. The lowest BCUT2D eigenvalue weighted by molar-refractivity contribution is -0.392. The minimum absolute atomic E-state index is 0.0457. The van der Waals surface area contributed by atoms with Gasteiger partial charge in [-0.25, -0.2) is 9.80 Å². The summed E-state index contributed by atoms with van der Waals surface area (Å²) in [5.41, 5.74) is -1.23. The van der Waals surface area contributed by atoms with Crippen molar-refractivity contribution in [1.29, 1.82) is 0 Å². The molecule has 2 aliphatic heterocycles. The van der Waals surface area contributed by atoms with Crippen molar-refractivity contribution in [2.75, 3.05) is 28.8 Å². The van der Waals surface area contributed by atoms with Gasteiger partial charge in [0.15, 0.2) is 5.69 Å². The largest absolute Gasteiger partial charge is 0.507 e. The van der Waals surface area contributed by atoms with E-state index in [0.717, 1.165) is 17.0 Å². The summed E-state index contributed by atoms with van der Waals surface area (Å²) in [5.74, 6) is -6.76. The Morgan fingerprint density at radius 1 is 0.840 bits per heavy atom. The molecule has 50 heavy (non-hydrogen) atoms. The van der Waals surface area contributed by atoms with Crippen molar-refractivity contribution < 1.29 is 34.1 Å². The number of aromatic hydroxyl groups is 1. The molecule has 6 unspecified atom stereocenters. The van der Waals surface area contributed by atoms with Crippen molar-refractivity contribution in [2.45, 2.75) is 32.6 Å². The van der Waals surface area contributed by atoms with Crippen molar-refractivity contribution in [3.63, 3.8) is 0 Å². The molecular weight excluding hydrogens is 646 g/mol. The number of phenols is 1. The first-order valence-electron chi connectivity index (χ1n) is 16.1. The maximum atomic E-state index is 14.5. The average molecular weight is 680 g/mol. The Labute approximate surface area is 285 Å². The Bertz CT molecular complexity index is 2040. The topological polar surface area (TPSA) is 185 Å². The van der Waals surface area contributed by atoms with Gasteiger partial charge >= 0.3 is 11.4 Å². The van der Waals surface area contributed by atoms with Gasteiger partial charge in [-0.1, -0.05) is 48.0 Å². The Hall–Kier alpha value is -5.92. The molecule has 0 radical (unpaired) electrons. The number of fused-ring (bicyclic) bond motifs is 4. The summed E-state index contributed by atoms with van der Waals surface area (Å²) in [6, 6.07) is 15.7. The lowest BCUT2D eigenvalue weighted by atomic mass is 9.51. The van der Waals surface area contributed by atoms with Crippen LogP contribution in [0.2, 0.25) is 0 Å². The molecule has 2 aliphatic carbocycles. The number of carbonyl (C=O) groups excluding carboxylic acids is 4. The molecule has 256 valence electrons. The molecule has 3 aromatic carbocycles. The second-order valence-electron chi connectivity index (χ2n) is 13.8. The van der Waals surface area contributed by atoms with Crippen LogP contribution >= 0.6 is 0 Å². The van der Waals surface area contributed by atoms with E-state index in [4.69, 9.17) is 0 Å². The summed E-state index contributed by atoms with van der Waals surface area (Å²) < 4.78 is 0. The fourth-order valence-corrected chi connectivity index (χ4v) is 8.81. The Morgan fingerprint density at radius 3 is 2.08 bits per heavy atom. The summed E-state index contributed by atoms with van der Waals surface area (Å²) in [5, 5.41) is 35.6. The number of amides is 4. The number of imide groups is 2. The molecule has 6 atom stereocenters. The van der Waals surface area contributed by atoms with E-state index in [9.17, 15) is 44.5 Å². The third kappa shape index (κ3) is 4.40. The van der Waals surface area contributed by atoms with Gasteiger partial charge in [0.1, 0.15) is 5.75 Å². The summed E-state index contributed by atoms with van der Waals surface area (Å²) in [7, 11) is 2.83. The standard InChI is InChI=1S/C36H33N5O9/c1-18-9-8-12-23(31(18)42)29-21-13-14-22-28(24(21)17-25-33(44)39(35(46)36(25,29)2)19-10-6-5-7-11-19)34(45)38(32(22)43)20-15-26(40(47)48)30(37(3)4)27(16-20)41(49)50/h5-13,15-16,22,24-25,28-29,42H,14,17H2,1-4H3. The van der Waals surface area contributed by atoms with E-state index in [-0.39, 0.29) is 30.0 Å². The number of rotatable bonds is 6. The highest BCUT2D eigenvalue weighted by atomic mass is 16.6. The van der Waals surface area contributed by atoms with Crippen LogP contribution in [0.5, 0.6) is 5.75 Å². The maximum absolute atomic E-state index is 14.5. The first-order chi connectivity index (χ1) is 23.7. The summed E-state index contributed by atoms with van der Waals surface area (Å²) in [6.07, 6.45) is 1.94. The van der Waals surface area contributed by atoms with Crippen LogP contribution in [0.4, 0.5) is 28.4 Å². The van der Waals surface area contributed by atoms with E-state index in [1.54, 1.807) is 62.4 Å². The number of nitrogens with zero attached hydrogens (tertiary/aromatic N) is 5. The Kier molecular flexibility index (Phi) is 7.39. The predicted molar refractivity (Wildman–Crippen MR) is 180 cm³/mol. The summed E-state index contributed by atoms with van der Waals surface area (Å²) in [6.45, 7) is 3.44. The van der Waals surface area contributed by atoms with Crippen LogP contribution in [0.3, 0.4) is 0 Å². The van der Waals surface area contributed by atoms with Crippen LogP contribution in [0.15, 0.2) is 72.3 Å². The van der Waals surface area contributed by atoms with Crippen molar-refractivity contribution in [3.05, 3.63) is 104 Å². The molecule has 1 saturated carbocycles. The van der Waals surface area contributed by atoms with Gasteiger partial charge in [0, 0.05) is 37.7 Å². The monoisotopic (exact) mass is 679 g/mol. The Morgan fingerprint density at radius 2 is 1.48 bits per heavy atom. The minimum atomic E-state index is -1.36. The van der Waals surface area contributed by atoms with E-state index < -0.39 is 79.9 Å². The fourth-order valence-electron chi connectivity index (χ4n) is 8.81. The second kappa shape index (κ2) is 11.3. The number of aryl methyl sites for hydroxylation is 1. The molecule has 0 spiro atoms. The molecule has 1 N–H and O–H groups in total. The molecule has 2 heterocycles. The highest BCUT2D eigenvalue weighted by Gasteiger charge is 2.68. The van der Waals surface area contributed by atoms with E-state index in [1.165, 1.54) is 23.9 Å². The first-order valence-corrected chi connectivity index (χ1v) is 16.1. The zero-order chi connectivity index (χ0) is 36.0. The van der Waals surface area contributed by atoms with Gasteiger partial charge in [-0.3, -0.25) is 39.4 Å². The van der Waals surface area contributed by atoms with Gasteiger partial charge in [-0.05, 0) is 50.3 Å². The maximum Gasteiger partial charge on any atom is 0.301 e. The van der Waals surface area contributed by atoms with Crippen molar-refractivity contribution in [2.24, 2.45) is 29.1 Å². The van der Waals surface area contributed by atoms with Crippen LogP contribution in [0.25, 0.3) is 0 Å².